The molecule has 0 amide bonds. The van der Waals surface area contributed by atoms with Crippen molar-refractivity contribution >= 4 is 17.4 Å². The Morgan fingerprint density at radius 1 is 0.792 bits per heavy atom. The number of benzene rings is 3. The van der Waals surface area contributed by atoms with Crippen molar-refractivity contribution in [1.82, 2.24) is 0 Å². The Hall–Kier alpha value is -5.56. The minimum Gasteiger partial charge on any atom is -0.497 e. The molecule has 48 heavy (non-hydrogen) atoms. The molecule has 1 aromatic heterocycles. The zero-order chi connectivity index (χ0) is 34.2. The van der Waals surface area contributed by atoms with E-state index in [1.807, 2.05) is 49.4 Å². The molecule has 5 aromatic rings. The van der Waals surface area contributed by atoms with Gasteiger partial charge in [-0.3, -0.25) is 9.59 Å². The molecular formula is C41H36FO6+. The van der Waals surface area contributed by atoms with Gasteiger partial charge in [0.25, 0.3) is 0 Å². The highest BCUT2D eigenvalue weighted by Crippen LogP contribution is 2.38. The number of hydrogen-bond donors (Lipinski definition) is 0. The number of rotatable bonds is 7. The predicted molar refractivity (Wildman–Crippen MR) is 187 cm³/mol. The van der Waals surface area contributed by atoms with Gasteiger partial charge in [0.1, 0.15) is 28.8 Å². The topological polar surface area (TPSA) is 73.1 Å². The molecule has 0 radical (unpaired) electrons. The minimum absolute atomic E-state index is 0.0779. The smallest absolute Gasteiger partial charge is 0.361 e. The van der Waals surface area contributed by atoms with Crippen LogP contribution in [0.5, 0.6) is 11.5 Å². The molecule has 6 nitrogen and oxygen atoms in total. The lowest BCUT2D eigenvalue weighted by molar-refractivity contribution is 0.257. The number of methoxy groups -OCH3 is 2. The van der Waals surface area contributed by atoms with Gasteiger partial charge < -0.3 is 14.2 Å². The second-order valence-corrected chi connectivity index (χ2v) is 12.8. The molecule has 0 bridgehead atoms. The summed E-state index contributed by atoms with van der Waals surface area (Å²) in [5.74, 6) is 2.75. The van der Waals surface area contributed by atoms with Crippen LogP contribution in [0.25, 0.3) is 40.1 Å². The maximum atomic E-state index is 13.8. The molecular weight excluding hydrogens is 607 g/mol. The van der Waals surface area contributed by atoms with E-state index in [1.165, 1.54) is 12.1 Å². The second kappa shape index (κ2) is 12.9. The molecule has 7 heteroatoms. The number of halogens is 1. The Balaban J connectivity index is 1.49. The molecule has 0 spiro atoms. The quantitative estimate of drug-likeness (QED) is 0.174. The summed E-state index contributed by atoms with van der Waals surface area (Å²) in [6.07, 6.45) is 5.52. The van der Waals surface area contributed by atoms with Crippen LogP contribution in [0.15, 0.2) is 117 Å². The van der Waals surface area contributed by atoms with E-state index in [-0.39, 0.29) is 38.4 Å². The van der Waals surface area contributed by atoms with Gasteiger partial charge in [-0.05, 0) is 72.7 Å². The lowest BCUT2D eigenvalue weighted by Gasteiger charge is -2.30. The lowest BCUT2D eigenvalue weighted by Crippen LogP contribution is -2.65. The van der Waals surface area contributed by atoms with E-state index in [4.69, 9.17) is 18.6 Å². The van der Waals surface area contributed by atoms with Crippen molar-refractivity contribution in [3.8, 4) is 34.1 Å². The van der Waals surface area contributed by atoms with Crippen LogP contribution in [0.1, 0.15) is 38.8 Å². The van der Waals surface area contributed by atoms with Crippen molar-refractivity contribution in [3.05, 3.63) is 151 Å². The molecule has 0 saturated heterocycles. The Morgan fingerprint density at radius 2 is 1.40 bits per heavy atom. The number of hydrogen-bond acceptors (Lipinski definition) is 5. The van der Waals surface area contributed by atoms with Crippen LogP contribution < -0.4 is 30.8 Å². The van der Waals surface area contributed by atoms with Crippen molar-refractivity contribution in [2.24, 2.45) is 11.3 Å². The lowest BCUT2D eigenvalue weighted by atomic mass is 9.86. The van der Waals surface area contributed by atoms with Crippen molar-refractivity contribution in [1.29, 1.82) is 0 Å². The minimum atomic E-state index is -0.380. The SMILES string of the molecule is COc1cc(OC)cc(-c2cc(C=c3c(=O)c(=C(C)C4C=C(c5ccccc5)OC(C(C)(C)C)=C4)c3=O)cc(-c3ccc(F)cc3)[o+]2)c1. The van der Waals surface area contributed by atoms with E-state index < -0.39 is 0 Å². The summed E-state index contributed by atoms with van der Waals surface area (Å²) in [7, 11) is 3.11. The largest absolute Gasteiger partial charge is 0.497 e. The first-order valence-corrected chi connectivity index (χ1v) is 15.6. The number of ether oxygens (including phenoxy) is 3. The molecule has 6 rings (SSSR count). The first-order valence-electron chi connectivity index (χ1n) is 15.6. The van der Waals surface area contributed by atoms with E-state index in [0.29, 0.717) is 51.0 Å². The second-order valence-electron chi connectivity index (χ2n) is 12.8. The first kappa shape index (κ1) is 32.4. The average Bonchev–Trinajstić information content (AvgIpc) is 3.10. The van der Waals surface area contributed by atoms with Crippen LogP contribution in [0.2, 0.25) is 0 Å². The van der Waals surface area contributed by atoms with Crippen molar-refractivity contribution in [2.75, 3.05) is 14.2 Å². The molecule has 0 fully saturated rings. The van der Waals surface area contributed by atoms with Gasteiger partial charge in [0.2, 0.25) is 10.9 Å². The fourth-order valence-electron chi connectivity index (χ4n) is 5.66. The third kappa shape index (κ3) is 6.49. The van der Waals surface area contributed by atoms with Crippen LogP contribution in [-0.4, -0.2) is 14.2 Å². The van der Waals surface area contributed by atoms with Gasteiger partial charge in [0.05, 0.1) is 47.9 Å². The summed E-state index contributed by atoms with van der Waals surface area (Å²) in [6.45, 7) is 8.02. The maximum absolute atomic E-state index is 13.8. The zero-order valence-corrected chi connectivity index (χ0v) is 27.7. The van der Waals surface area contributed by atoms with E-state index in [1.54, 1.807) is 62.8 Å². The molecule has 0 saturated carbocycles. The van der Waals surface area contributed by atoms with Gasteiger partial charge in [-0.1, -0.05) is 51.1 Å². The molecule has 1 aliphatic heterocycles. The van der Waals surface area contributed by atoms with Gasteiger partial charge >= 0.3 is 11.5 Å². The summed E-state index contributed by atoms with van der Waals surface area (Å²) < 4.78 is 37.2. The van der Waals surface area contributed by atoms with Crippen LogP contribution >= 0.6 is 0 Å². The van der Waals surface area contributed by atoms with Crippen LogP contribution in [0.3, 0.4) is 0 Å². The highest BCUT2D eigenvalue weighted by Gasteiger charge is 2.28. The third-order valence-corrected chi connectivity index (χ3v) is 8.41. The molecule has 0 N–H and O–H groups in total. The highest BCUT2D eigenvalue weighted by molar-refractivity contribution is 5.71. The van der Waals surface area contributed by atoms with E-state index in [9.17, 15) is 14.0 Å². The summed E-state index contributed by atoms with van der Waals surface area (Å²) in [5.41, 5.74) is 2.49. The fourth-order valence-corrected chi connectivity index (χ4v) is 5.66. The standard InChI is InChI=1S/C41H36FO6/c1-24(28-21-36(26-10-8-7-9-11-26)48-37(22-28)41(2,3)4)38-39(43)33(40(38)44)16-25-17-34(27-12-14-30(42)15-13-27)47-35(18-25)29-19-31(45-5)23-32(20-29)46-6/h7-23,28H,1-6H3/q+1. The molecule has 1 aliphatic rings. The van der Waals surface area contributed by atoms with Gasteiger partial charge in [0, 0.05) is 23.0 Å². The van der Waals surface area contributed by atoms with Gasteiger partial charge in [-0.15, -0.1) is 0 Å². The molecule has 0 aliphatic carbocycles. The first-order chi connectivity index (χ1) is 22.9. The highest BCUT2D eigenvalue weighted by atomic mass is 19.1. The Kier molecular flexibility index (Phi) is 8.71. The Morgan fingerprint density at radius 3 is 1.98 bits per heavy atom. The van der Waals surface area contributed by atoms with Crippen LogP contribution in [-0.2, 0) is 4.74 Å². The van der Waals surface area contributed by atoms with E-state index in [2.05, 4.69) is 20.8 Å². The third-order valence-electron chi connectivity index (χ3n) is 8.41. The van der Waals surface area contributed by atoms with Gasteiger partial charge in [-0.25, -0.2) is 8.81 Å². The Labute approximate surface area is 278 Å². The van der Waals surface area contributed by atoms with Gasteiger partial charge in [0.15, 0.2) is 0 Å². The summed E-state index contributed by atoms with van der Waals surface area (Å²) in [4.78, 5) is 27.4. The maximum Gasteiger partial charge on any atom is 0.361 e. The predicted octanol–water partition coefficient (Wildman–Crippen LogP) is 7.26. The van der Waals surface area contributed by atoms with Crippen molar-refractivity contribution < 1.29 is 23.0 Å². The molecule has 1 atom stereocenters. The fraction of sp³-hybridized carbons (Fsp3) is 0.195. The van der Waals surface area contributed by atoms with Crippen LogP contribution in [0.4, 0.5) is 4.39 Å². The van der Waals surface area contributed by atoms with Crippen molar-refractivity contribution in [3.63, 3.8) is 0 Å². The average molecular weight is 644 g/mol. The number of allylic oxidation sites excluding steroid dienone is 3. The zero-order valence-electron chi connectivity index (χ0n) is 27.7. The summed E-state index contributed by atoms with van der Waals surface area (Å²) in [6, 6.07) is 24.5. The summed E-state index contributed by atoms with van der Waals surface area (Å²) in [5, 5.41) is 0.257. The normalized spacial score (nSPS) is 14.5. The van der Waals surface area contributed by atoms with Crippen molar-refractivity contribution in [2.45, 2.75) is 27.7 Å². The monoisotopic (exact) mass is 643 g/mol. The van der Waals surface area contributed by atoms with E-state index >= 15 is 0 Å². The van der Waals surface area contributed by atoms with E-state index in [0.717, 1.165) is 11.3 Å². The van der Waals surface area contributed by atoms with Gasteiger partial charge in [-0.2, -0.15) is 0 Å². The Bertz CT molecular complexity index is 2210. The molecule has 4 aromatic carbocycles. The molecule has 1 unspecified atom stereocenters. The molecule has 242 valence electrons. The molecule has 2 heterocycles. The summed E-state index contributed by atoms with van der Waals surface area (Å²) >= 11 is 0. The van der Waals surface area contributed by atoms with Crippen LogP contribution in [0, 0.1) is 17.2 Å².